The summed E-state index contributed by atoms with van der Waals surface area (Å²) in [5, 5.41) is 3.06. The largest absolute Gasteiger partial charge is 0.486 e. The van der Waals surface area contributed by atoms with Crippen molar-refractivity contribution < 1.29 is 13.5 Å². The molecule has 0 atom stereocenters. The van der Waals surface area contributed by atoms with Gasteiger partial charge in [-0.15, -0.1) is 0 Å². The molecule has 1 N–H and O–H groups in total. The van der Waals surface area contributed by atoms with Gasteiger partial charge in [0.1, 0.15) is 23.9 Å². The molecule has 0 fully saturated rings. The van der Waals surface area contributed by atoms with Crippen LogP contribution < -0.4 is 10.1 Å². The van der Waals surface area contributed by atoms with Crippen molar-refractivity contribution in [3.8, 4) is 5.75 Å². The fourth-order valence-electron chi connectivity index (χ4n) is 1.70. The summed E-state index contributed by atoms with van der Waals surface area (Å²) in [6.45, 7) is 2.79. The molecule has 1 heterocycles. The SMILES string of the molecule is CNCc1ccoc1COc1ccc(F)c(C)c1. The minimum absolute atomic E-state index is 0.226. The van der Waals surface area contributed by atoms with Crippen LogP contribution in [-0.2, 0) is 13.2 Å². The maximum Gasteiger partial charge on any atom is 0.146 e. The summed E-state index contributed by atoms with van der Waals surface area (Å²) in [6.07, 6.45) is 1.64. The first-order valence-electron chi connectivity index (χ1n) is 5.79. The van der Waals surface area contributed by atoms with Crippen molar-refractivity contribution in [3.63, 3.8) is 0 Å². The van der Waals surface area contributed by atoms with Crippen LogP contribution in [0.3, 0.4) is 0 Å². The standard InChI is InChI=1S/C14H16FNO2/c1-10-7-12(3-4-13(10)15)18-9-14-11(8-16-2)5-6-17-14/h3-7,16H,8-9H2,1-2H3. The van der Waals surface area contributed by atoms with Gasteiger partial charge in [-0.3, -0.25) is 0 Å². The lowest BCUT2D eigenvalue weighted by Gasteiger charge is -2.07. The van der Waals surface area contributed by atoms with E-state index in [2.05, 4.69) is 5.32 Å². The van der Waals surface area contributed by atoms with E-state index in [4.69, 9.17) is 9.15 Å². The fraction of sp³-hybridized carbons (Fsp3) is 0.286. The first-order chi connectivity index (χ1) is 8.70. The maximum atomic E-state index is 13.1. The zero-order valence-electron chi connectivity index (χ0n) is 10.5. The van der Waals surface area contributed by atoms with Crippen molar-refractivity contribution in [2.24, 2.45) is 0 Å². The van der Waals surface area contributed by atoms with Crippen LogP contribution in [0.5, 0.6) is 5.75 Å². The Kier molecular flexibility index (Phi) is 3.99. The van der Waals surface area contributed by atoms with Crippen molar-refractivity contribution in [3.05, 3.63) is 53.2 Å². The van der Waals surface area contributed by atoms with Crippen LogP contribution in [0.25, 0.3) is 0 Å². The van der Waals surface area contributed by atoms with E-state index >= 15 is 0 Å². The molecule has 18 heavy (non-hydrogen) atoms. The second kappa shape index (κ2) is 5.69. The molecule has 96 valence electrons. The van der Waals surface area contributed by atoms with Gasteiger partial charge in [-0.2, -0.15) is 0 Å². The smallest absolute Gasteiger partial charge is 0.146 e. The Morgan fingerprint density at radius 2 is 2.17 bits per heavy atom. The number of rotatable bonds is 5. The van der Waals surface area contributed by atoms with E-state index < -0.39 is 0 Å². The molecule has 0 aliphatic rings. The zero-order valence-corrected chi connectivity index (χ0v) is 10.5. The molecule has 0 amide bonds. The number of benzene rings is 1. The number of furan rings is 1. The van der Waals surface area contributed by atoms with E-state index in [9.17, 15) is 4.39 Å². The molecule has 0 spiro atoms. The molecular weight excluding hydrogens is 233 g/mol. The van der Waals surface area contributed by atoms with Crippen LogP contribution in [0.15, 0.2) is 34.9 Å². The molecule has 2 aromatic rings. The zero-order chi connectivity index (χ0) is 13.0. The van der Waals surface area contributed by atoms with E-state index in [-0.39, 0.29) is 5.82 Å². The van der Waals surface area contributed by atoms with E-state index in [1.54, 1.807) is 25.3 Å². The summed E-state index contributed by atoms with van der Waals surface area (Å²) in [5.74, 6) is 1.20. The summed E-state index contributed by atoms with van der Waals surface area (Å²) in [5.41, 5.74) is 1.64. The predicted octanol–water partition coefficient (Wildman–Crippen LogP) is 3.03. The lowest BCUT2D eigenvalue weighted by atomic mass is 10.2. The van der Waals surface area contributed by atoms with Crippen LogP contribution in [0.4, 0.5) is 4.39 Å². The number of halogens is 1. The van der Waals surface area contributed by atoms with Gasteiger partial charge in [0, 0.05) is 12.1 Å². The van der Waals surface area contributed by atoms with E-state index in [0.717, 1.165) is 17.9 Å². The van der Waals surface area contributed by atoms with E-state index in [0.29, 0.717) is 17.9 Å². The van der Waals surface area contributed by atoms with E-state index in [1.807, 2.05) is 13.1 Å². The van der Waals surface area contributed by atoms with Crippen molar-refractivity contribution in [1.29, 1.82) is 0 Å². The second-order valence-electron chi connectivity index (χ2n) is 4.10. The number of aryl methyl sites for hydroxylation is 1. The second-order valence-corrected chi connectivity index (χ2v) is 4.10. The Morgan fingerprint density at radius 1 is 1.33 bits per heavy atom. The van der Waals surface area contributed by atoms with Crippen LogP contribution >= 0.6 is 0 Å². The molecule has 1 aromatic heterocycles. The van der Waals surface area contributed by atoms with Crippen molar-refractivity contribution in [1.82, 2.24) is 5.32 Å². The Bertz CT molecular complexity index is 522. The molecular formula is C14H16FNO2. The molecule has 3 nitrogen and oxygen atoms in total. The minimum atomic E-state index is -0.226. The van der Waals surface area contributed by atoms with Crippen LogP contribution in [0.1, 0.15) is 16.9 Å². The number of hydrogen-bond donors (Lipinski definition) is 1. The van der Waals surface area contributed by atoms with Gasteiger partial charge in [-0.25, -0.2) is 4.39 Å². The Hall–Kier alpha value is -1.81. The summed E-state index contributed by atoms with van der Waals surface area (Å²) in [6, 6.07) is 6.60. The van der Waals surface area contributed by atoms with Gasteiger partial charge >= 0.3 is 0 Å². The third-order valence-electron chi connectivity index (χ3n) is 2.70. The average Bonchev–Trinajstić information content (AvgIpc) is 2.79. The number of hydrogen-bond acceptors (Lipinski definition) is 3. The van der Waals surface area contributed by atoms with Crippen molar-refractivity contribution in [2.75, 3.05) is 7.05 Å². The molecule has 0 radical (unpaired) electrons. The molecule has 0 bridgehead atoms. The monoisotopic (exact) mass is 249 g/mol. The van der Waals surface area contributed by atoms with Crippen molar-refractivity contribution >= 4 is 0 Å². The van der Waals surface area contributed by atoms with E-state index in [1.165, 1.54) is 6.07 Å². The Labute approximate surface area is 106 Å². The molecule has 0 aliphatic heterocycles. The van der Waals surface area contributed by atoms with Gasteiger partial charge in [-0.1, -0.05) is 0 Å². The molecule has 2 rings (SSSR count). The predicted molar refractivity (Wildman–Crippen MR) is 66.9 cm³/mol. The third-order valence-corrected chi connectivity index (χ3v) is 2.70. The highest BCUT2D eigenvalue weighted by molar-refractivity contribution is 5.29. The van der Waals surface area contributed by atoms with Crippen LogP contribution in [-0.4, -0.2) is 7.05 Å². The molecule has 0 saturated carbocycles. The fourth-order valence-corrected chi connectivity index (χ4v) is 1.70. The highest BCUT2D eigenvalue weighted by atomic mass is 19.1. The molecule has 1 aromatic carbocycles. The lowest BCUT2D eigenvalue weighted by Crippen LogP contribution is -2.07. The van der Waals surface area contributed by atoms with Crippen LogP contribution in [0.2, 0.25) is 0 Å². The maximum absolute atomic E-state index is 13.1. The normalized spacial score (nSPS) is 10.6. The van der Waals surface area contributed by atoms with Gasteiger partial charge < -0.3 is 14.5 Å². The van der Waals surface area contributed by atoms with Gasteiger partial charge in [0.25, 0.3) is 0 Å². The molecule has 4 heteroatoms. The highest BCUT2D eigenvalue weighted by Crippen LogP contribution is 2.19. The quantitative estimate of drug-likeness (QED) is 0.884. The minimum Gasteiger partial charge on any atom is -0.486 e. The first-order valence-corrected chi connectivity index (χ1v) is 5.79. The summed E-state index contributed by atoms with van der Waals surface area (Å²) < 4.78 is 24.0. The number of ether oxygens (including phenoxy) is 1. The average molecular weight is 249 g/mol. The van der Waals surface area contributed by atoms with Crippen molar-refractivity contribution in [2.45, 2.75) is 20.1 Å². The lowest BCUT2D eigenvalue weighted by molar-refractivity contribution is 0.267. The molecule has 0 unspecified atom stereocenters. The summed E-state index contributed by atoms with van der Waals surface area (Å²) in [4.78, 5) is 0. The molecule has 0 aliphatic carbocycles. The number of nitrogens with one attached hydrogen (secondary N) is 1. The third kappa shape index (κ3) is 2.90. The van der Waals surface area contributed by atoms with Gasteiger partial charge in [0.05, 0.1) is 6.26 Å². The Balaban J connectivity index is 2.02. The summed E-state index contributed by atoms with van der Waals surface area (Å²) in [7, 11) is 1.88. The first kappa shape index (κ1) is 12.6. The Morgan fingerprint density at radius 3 is 2.89 bits per heavy atom. The summed E-state index contributed by atoms with van der Waals surface area (Å²) >= 11 is 0. The molecule has 0 saturated heterocycles. The van der Waals surface area contributed by atoms with Gasteiger partial charge in [-0.05, 0) is 43.8 Å². The van der Waals surface area contributed by atoms with Crippen LogP contribution in [0, 0.1) is 12.7 Å². The highest BCUT2D eigenvalue weighted by Gasteiger charge is 2.07. The van der Waals surface area contributed by atoms with Gasteiger partial charge in [0.2, 0.25) is 0 Å². The topological polar surface area (TPSA) is 34.4 Å². The van der Waals surface area contributed by atoms with Gasteiger partial charge in [0.15, 0.2) is 0 Å².